The molecule has 0 unspecified atom stereocenters. The van der Waals surface area contributed by atoms with Crippen LogP contribution in [0, 0.1) is 0 Å². The summed E-state index contributed by atoms with van der Waals surface area (Å²) in [6, 6.07) is 0. The van der Waals surface area contributed by atoms with Crippen LogP contribution in [0.4, 0.5) is 5.69 Å². The van der Waals surface area contributed by atoms with Gasteiger partial charge in [-0.15, -0.1) is 0 Å². The van der Waals surface area contributed by atoms with Crippen LogP contribution >= 0.6 is 0 Å². The number of nitrogens with one attached hydrogen (secondary N) is 1. The molecule has 0 saturated carbocycles. The number of aromatic nitrogens is 2. The molecule has 0 spiro atoms. The number of nitrogens with zero attached hydrogens (tertiary/aromatic N) is 2. The SMILES string of the molecule is CCNC(=O)CCn1c(=O)c(N)cn(C)c1=O. The molecule has 3 N–H and O–H groups in total. The second-order valence-electron chi connectivity index (χ2n) is 3.64. The molecule has 94 valence electrons. The maximum Gasteiger partial charge on any atom is 0.330 e. The van der Waals surface area contributed by atoms with Crippen LogP contribution in [0.5, 0.6) is 0 Å². The Balaban J connectivity index is 2.96. The van der Waals surface area contributed by atoms with Gasteiger partial charge in [-0.2, -0.15) is 0 Å². The fraction of sp³-hybridized carbons (Fsp3) is 0.500. The molecule has 1 rings (SSSR count). The summed E-state index contributed by atoms with van der Waals surface area (Å²) in [4.78, 5) is 34.5. The summed E-state index contributed by atoms with van der Waals surface area (Å²) in [5, 5.41) is 2.59. The van der Waals surface area contributed by atoms with E-state index in [-0.39, 0.29) is 24.6 Å². The van der Waals surface area contributed by atoms with Crippen LogP contribution in [-0.4, -0.2) is 21.6 Å². The fourth-order valence-corrected chi connectivity index (χ4v) is 1.45. The zero-order chi connectivity index (χ0) is 13.0. The smallest absolute Gasteiger partial charge is 0.330 e. The molecule has 7 nitrogen and oxygen atoms in total. The van der Waals surface area contributed by atoms with Crippen LogP contribution < -0.4 is 22.3 Å². The standard InChI is InChI=1S/C10H16N4O3/c1-3-12-8(15)4-5-14-9(16)7(11)6-13(2)10(14)17/h6H,3-5,11H2,1-2H3,(H,12,15). The highest BCUT2D eigenvalue weighted by Crippen LogP contribution is 1.89. The number of nitrogens with two attached hydrogens (primary N) is 1. The van der Waals surface area contributed by atoms with Crippen LogP contribution in [0.1, 0.15) is 13.3 Å². The second-order valence-corrected chi connectivity index (χ2v) is 3.64. The first-order valence-corrected chi connectivity index (χ1v) is 5.30. The van der Waals surface area contributed by atoms with Gasteiger partial charge < -0.3 is 15.6 Å². The molecule has 1 heterocycles. The number of carbonyl (C=O) groups excluding carboxylic acids is 1. The predicted octanol–water partition coefficient (Wildman–Crippen LogP) is -1.34. The van der Waals surface area contributed by atoms with E-state index in [1.54, 1.807) is 6.92 Å². The third kappa shape index (κ3) is 2.96. The van der Waals surface area contributed by atoms with E-state index in [9.17, 15) is 14.4 Å². The van der Waals surface area contributed by atoms with E-state index < -0.39 is 11.2 Å². The monoisotopic (exact) mass is 240 g/mol. The van der Waals surface area contributed by atoms with E-state index in [2.05, 4.69) is 5.32 Å². The van der Waals surface area contributed by atoms with Crippen LogP contribution in [0.15, 0.2) is 15.8 Å². The molecule has 0 aliphatic carbocycles. The van der Waals surface area contributed by atoms with Crippen molar-refractivity contribution in [2.45, 2.75) is 19.9 Å². The van der Waals surface area contributed by atoms with Gasteiger partial charge in [-0.25, -0.2) is 4.79 Å². The van der Waals surface area contributed by atoms with Gasteiger partial charge in [-0.05, 0) is 6.92 Å². The highest BCUT2D eigenvalue weighted by atomic mass is 16.2. The van der Waals surface area contributed by atoms with Crippen molar-refractivity contribution in [3.63, 3.8) is 0 Å². The van der Waals surface area contributed by atoms with Gasteiger partial charge in [0, 0.05) is 32.8 Å². The molecule has 1 aromatic heterocycles. The molecule has 0 atom stereocenters. The minimum absolute atomic E-state index is 0.0111. The van der Waals surface area contributed by atoms with Gasteiger partial charge in [0.25, 0.3) is 5.56 Å². The third-order valence-electron chi connectivity index (χ3n) is 2.29. The van der Waals surface area contributed by atoms with E-state index in [0.29, 0.717) is 6.54 Å². The van der Waals surface area contributed by atoms with Crippen LogP contribution in [-0.2, 0) is 18.4 Å². The first-order chi connectivity index (χ1) is 7.97. The van der Waals surface area contributed by atoms with Crippen molar-refractivity contribution in [3.8, 4) is 0 Å². The Morgan fingerprint density at radius 2 is 2.12 bits per heavy atom. The van der Waals surface area contributed by atoms with E-state index >= 15 is 0 Å². The Morgan fingerprint density at radius 3 is 2.71 bits per heavy atom. The van der Waals surface area contributed by atoms with Gasteiger partial charge in [0.15, 0.2) is 0 Å². The van der Waals surface area contributed by atoms with Crippen LogP contribution in [0.25, 0.3) is 0 Å². The summed E-state index contributed by atoms with van der Waals surface area (Å²) < 4.78 is 2.18. The Labute approximate surface area is 97.9 Å². The minimum Gasteiger partial charge on any atom is -0.393 e. The van der Waals surface area contributed by atoms with Gasteiger partial charge in [-0.3, -0.25) is 14.2 Å². The normalized spacial score (nSPS) is 10.2. The van der Waals surface area contributed by atoms with Crippen molar-refractivity contribution in [1.29, 1.82) is 0 Å². The fourth-order valence-electron chi connectivity index (χ4n) is 1.45. The maximum atomic E-state index is 11.7. The summed E-state index contributed by atoms with van der Waals surface area (Å²) in [5.74, 6) is -0.205. The molecule has 1 aromatic rings. The number of aryl methyl sites for hydroxylation is 1. The number of rotatable bonds is 4. The summed E-state index contributed by atoms with van der Waals surface area (Å²) in [5.41, 5.74) is 4.41. The molecular formula is C10H16N4O3. The molecule has 0 bridgehead atoms. The van der Waals surface area contributed by atoms with Crippen molar-refractivity contribution in [2.75, 3.05) is 12.3 Å². The third-order valence-corrected chi connectivity index (χ3v) is 2.29. The number of hydrogen-bond donors (Lipinski definition) is 2. The van der Waals surface area contributed by atoms with Crippen LogP contribution in [0.2, 0.25) is 0 Å². The lowest BCUT2D eigenvalue weighted by Crippen LogP contribution is -2.40. The van der Waals surface area contributed by atoms with Gasteiger partial charge in [-0.1, -0.05) is 0 Å². The molecule has 0 saturated heterocycles. The number of carbonyl (C=O) groups is 1. The van der Waals surface area contributed by atoms with Crippen molar-refractivity contribution >= 4 is 11.6 Å². The van der Waals surface area contributed by atoms with Crippen molar-refractivity contribution in [1.82, 2.24) is 14.5 Å². The van der Waals surface area contributed by atoms with Gasteiger partial charge in [0.1, 0.15) is 5.69 Å². The quantitative estimate of drug-likeness (QED) is 0.680. The molecule has 7 heteroatoms. The second kappa shape index (κ2) is 5.33. The first kappa shape index (κ1) is 13.0. The zero-order valence-corrected chi connectivity index (χ0v) is 9.90. The average Bonchev–Trinajstić information content (AvgIpc) is 2.27. The van der Waals surface area contributed by atoms with E-state index in [1.165, 1.54) is 17.8 Å². The molecular weight excluding hydrogens is 224 g/mol. The summed E-state index contributed by atoms with van der Waals surface area (Å²) >= 11 is 0. The number of amides is 1. The van der Waals surface area contributed by atoms with Crippen molar-refractivity contribution < 1.29 is 4.79 Å². The predicted molar refractivity (Wildman–Crippen MR) is 63.7 cm³/mol. The Kier molecular flexibility index (Phi) is 4.08. The Morgan fingerprint density at radius 1 is 1.47 bits per heavy atom. The molecule has 1 amide bonds. The van der Waals surface area contributed by atoms with E-state index in [4.69, 9.17) is 5.73 Å². The summed E-state index contributed by atoms with van der Waals surface area (Å²) in [7, 11) is 1.50. The molecule has 17 heavy (non-hydrogen) atoms. The molecule has 0 aliphatic heterocycles. The van der Waals surface area contributed by atoms with Gasteiger partial charge >= 0.3 is 5.69 Å². The van der Waals surface area contributed by atoms with Gasteiger partial charge in [0.05, 0.1) is 0 Å². The van der Waals surface area contributed by atoms with Gasteiger partial charge in [0.2, 0.25) is 5.91 Å². The molecule has 0 aliphatic rings. The van der Waals surface area contributed by atoms with E-state index in [0.717, 1.165) is 4.57 Å². The lowest BCUT2D eigenvalue weighted by atomic mass is 10.4. The zero-order valence-electron chi connectivity index (χ0n) is 9.90. The number of nitrogen functional groups attached to an aromatic ring is 1. The lowest BCUT2D eigenvalue weighted by molar-refractivity contribution is -0.121. The summed E-state index contributed by atoms with van der Waals surface area (Å²) in [6.07, 6.45) is 1.35. The Bertz CT molecular complexity index is 495. The lowest BCUT2D eigenvalue weighted by Gasteiger charge is -2.08. The van der Waals surface area contributed by atoms with Crippen LogP contribution in [0.3, 0.4) is 0 Å². The summed E-state index contributed by atoms with van der Waals surface area (Å²) in [6.45, 7) is 2.34. The Hall–Kier alpha value is -2.05. The van der Waals surface area contributed by atoms with E-state index in [1.807, 2.05) is 0 Å². The molecule has 0 fully saturated rings. The maximum absolute atomic E-state index is 11.7. The van der Waals surface area contributed by atoms with Crippen molar-refractivity contribution in [2.24, 2.45) is 7.05 Å². The largest absolute Gasteiger partial charge is 0.393 e. The highest BCUT2D eigenvalue weighted by molar-refractivity contribution is 5.75. The number of anilines is 1. The number of hydrogen-bond acceptors (Lipinski definition) is 4. The van der Waals surface area contributed by atoms with Crippen molar-refractivity contribution in [3.05, 3.63) is 27.0 Å². The topological polar surface area (TPSA) is 99.1 Å². The first-order valence-electron chi connectivity index (χ1n) is 5.30. The minimum atomic E-state index is -0.558. The molecule has 0 radical (unpaired) electrons. The average molecular weight is 240 g/mol. The molecule has 0 aromatic carbocycles. The highest BCUT2D eigenvalue weighted by Gasteiger charge is 2.08.